The number of carbonyl (C=O) groups excluding carboxylic acids is 1. The average molecular weight is 325 g/mol. The molecule has 0 aliphatic carbocycles. The Balaban J connectivity index is 1.88. The molecule has 3 rings (SSSR count). The minimum absolute atomic E-state index is 0.215. The lowest BCUT2D eigenvalue weighted by molar-refractivity contribution is 0.0943. The molecule has 1 heterocycles. The minimum atomic E-state index is -0.352. The van der Waals surface area contributed by atoms with Crippen LogP contribution in [0.2, 0.25) is 0 Å². The number of nitrogens with one attached hydrogen (secondary N) is 1. The van der Waals surface area contributed by atoms with E-state index in [-0.39, 0.29) is 17.8 Å². The van der Waals surface area contributed by atoms with Crippen LogP contribution >= 0.6 is 11.3 Å². The van der Waals surface area contributed by atoms with Gasteiger partial charge in [-0.1, -0.05) is 35.9 Å². The predicted octanol–water partition coefficient (Wildman–Crippen LogP) is 4.72. The zero-order valence-electron chi connectivity index (χ0n) is 12.6. The lowest BCUT2D eigenvalue weighted by Gasteiger charge is -2.18. The summed E-state index contributed by atoms with van der Waals surface area (Å²) in [6.45, 7) is 2.03. The number of rotatable bonds is 4. The fraction of sp³-hybridized carbons (Fsp3) is 0.105. The van der Waals surface area contributed by atoms with Crippen molar-refractivity contribution in [2.24, 2.45) is 0 Å². The number of carbonyl (C=O) groups is 1. The SMILES string of the molecule is Cc1ccc([C@@H](NC(=O)c2ccc(F)cc2)c2cccs2)cc1. The van der Waals surface area contributed by atoms with Gasteiger partial charge in [0.25, 0.3) is 5.91 Å². The van der Waals surface area contributed by atoms with E-state index in [9.17, 15) is 9.18 Å². The highest BCUT2D eigenvalue weighted by atomic mass is 32.1. The van der Waals surface area contributed by atoms with Gasteiger partial charge in [-0.15, -0.1) is 11.3 Å². The van der Waals surface area contributed by atoms with E-state index in [1.165, 1.54) is 29.8 Å². The molecule has 0 unspecified atom stereocenters. The number of aryl methyl sites for hydroxylation is 1. The van der Waals surface area contributed by atoms with Crippen LogP contribution in [0.5, 0.6) is 0 Å². The molecule has 0 saturated carbocycles. The topological polar surface area (TPSA) is 29.1 Å². The smallest absolute Gasteiger partial charge is 0.252 e. The van der Waals surface area contributed by atoms with E-state index in [0.717, 1.165) is 10.4 Å². The molecule has 23 heavy (non-hydrogen) atoms. The second kappa shape index (κ2) is 6.75. The van der Waals surface area contributed by atoms with Gasteiger partial charge >= 0.3 is 0 Å². The lowest BCUT2D eigenvalue weighted by atomic mass is 10.0. The summed E-state index contributed by atoms with van der Waals surface area (Å²) < 4.78 is 13.0. The fourth-order valence-electron chi connectivity index (χ4n) is 2.35. The van der Waals surface area contributed by atoms with Crippen LogP contribution in [0, 0.1) is 12.7 Å². The van der Waals surface area contributed by atoms with Crippen LogP contribution in [0.25, 0.3) is 0 Å². The first kappa shape index (κ1) is 15.4. The van der Waals surface area contributed by atoms with Gasteiger partial charge in [-0.25, -0.2) is 4.39 Å². The summed E-state index contributed by atoms with van der Waals surface area (Å²) in [4.78, 5) is 13.5. The Kier molecular flexibility index (Phi) is 4.53. The highest BCUT2D eigenvalue weighted by Crippen LogP contribution is 2.26. The zero-order chi connectivity index (χ0) is 16.2. The second-order valence-corrected chi connectivity index (χ2v) is 6.32. The van der Waals surface area contributed by atoms with E-state index in [1.54, 1.807) is 11.3 Å². The van der Waals surface area contributed by atoms with Crippen LogP contribution in [0.4, 0.5) is 4.39 Å². The van der Waals surface area contributed by atoms with Crippen molar-refractivity contribution in [1.82, 2.24) is 5.32 Å². The van der Waals surface area contributed by atoms with E-state index >= 15 is 0 Å². The molecule has 0 aliphatic rings. The maximum atomic E-state index is 13.0. The highest BCUT2D eigenvalue weighted by molar-refractivity contribution is 7.10. The van der Waals surface area contributed by atoms with Crippen LogP contribution in [-0.2, 0) is 0 Å². The molecule has 1 amide bonds. The van der Waals surface area contributed by atoms with Gasteiger partial charge in [0.2, 0.25) is 0 Å². The Labute approximate surface area is 138 Å². The van der Waals surface area contributed by atoms with Gasteiger partial charge in [0.15, 0.2) is 0 Å². The number of benzene rings is 2. The molecule has 3 aromatic rings. The van der Waals surface area contributed by atoms with E-state index in [4.69, 9.17) is 0 Å². The number of hydrogen-bond acceptors (Lipinski definition) is 2. The van der Waals surface area contributed by atoms with E-state index in [2.05, 4.69) is 5.32 Å². The molecular formula is C19H16FNOS. The second-order valence-electron chi connectivity index (χ2n) is 5.34. The molecule has 0 aliphatic heterocycles. The summed E-state index contributed by atoms with van der Waals surface area (Å²) in [7, 11) is 0. The maximum absolute atomic E-state index is 13.0. The number of hydrogen-bond donors (Lipinski definition) is 1. The summed E-state index contributed by atoms with van der Waals surface area (Å²) in [5, 5.41) is 5.03. The van der Waals surface area contributed by atoms with Crippen LogP contribution in [0.3, 0.4) is 0 Å². The Morgan fingerprint density at radius 1 is 1.04 bits per heavy atom. The van der Waals surface area contributed by atoms with Crippen molar-refractivity contribution in [2.45, 2.75) is 13.0 Å². The van der Waals surface area contributed by atoms with E-state index in [1.807, 2.05) is 48.7 Å². The van der Waals surface area contributed by atoms with Gasteiger partial charge in [0.05, 0.1) is 6.04 Å². The first-order valence-corrected chi connectivity index (χ1v) is 8.18. The van der Waals surface area contributed by atoms with Gasteiger partial charge in [0.1, 0.15) is 5.82 Å². The van der Waals surface area contributed by atoms with Gasteiger partial charge in [-0.05, 0) is 48.2 Å². The number of halogens is 1. The molecule has 1 atom stereocenters. The van der Waals surface area contributed by atoms with Crippen molar-refractivity contribution in [3.05, 3.63) is 93.4 Å². The summed E-state index contributed by atoms with van der Waals surface area (Å²) in [5.41, 5.74) is 2.64. The number of amides is 1. The Morgan fingerprint density at radius 2 is 1.74 bits per heavy atom. The van der Waals surface area contributed by atoms with Crippen molar-refractivity contribution in [3.8, 4) is 0 Å². The number of thiophene rings is 1. The standard InChI is InChI=1S/C19H16FNOS/c1-13-4-6-14(7-5-13)18(17-3-2-12-23-17)21-19(22)15-8-10-16(20)11-9-15/h2-12,18H,1H3,(H,21,22)/t18-/m1/s1. The Hall–Kier alpha value is -2.46. The van der Waals surface area contributed by atoms with Crippen molar-refractivity contribution in [3.63, 3.8) is 0 Å². The molecule has 0 radical (unpaired) electrons. The monoisotopic (exact) mass is 325 g/mol. The molecule has 116 valence electrons. The summed E-state index contributed by atoms with van der Waals surface area (Å²) in [6.07, 6.45) is 0. The predicted molar refractivity (Wildman–Crippen MR) is 91.2 cm³/mol. The van der Waals surface area contributed by atoms with Crippen LogP contribution in [0.1, 0.15) is 32.4 Å². The quantitative estimate of drug-likeness (QED) is 0.739. The molecule has 4 heteroatoms. The molecule has 0 saturated heterocycles. The Morgan fingerprint density at radius 3 is 2.35 bits per heavy atom. The van der Waals surface area contributed by atoms with Crippen molar-refractivity contribution >= 4 is 17.2 Å². The van der Waals surface area contributed by atoms with Crippen LogP contribution < -0.4 is 5.32 Å². The maximum Gasteiger partial charge on any atom is 0.252 e. The fourth-order valence-corrected chi connectivity index (χ4v) is 3.15. The van der Waals surface area contributed by atoms with Crippen molar-refractivity contribution < 1.29 is 9.18 Å². The third kappa shape index (κ3) is 3.66. The molecule has 2 aromatic carbocycles. The Bertz CT molecular complexity index is 779. The van der Waals surface area contributed by atoms with Gasteiger partial charge in [0, 0.05) is 10.4 Å². The third-order valence-corrected chi connectivity index (χ3v) is 4.56. The van der Waals surface area contributed by atoms with E-state index < -0.39 is 0 Å². The highest BCUT2D eigenvalue weighted by Gasteiger charge is 2.18. The van der Waals surface area contributed by atoms with Crippen molar-refractivity contribution in [1.29, 1.82) is 0 Å². The molecular weight excluding hydrogens is 309 g/mol. The summed E-state index contributed by atoms with van der Waals surface area (Å²) in [5.74, 6) is -0.570. The van der Waals surface area contributed by atoms with Gasteiger partial charge in [-0.2, -0.15) is 0 Å². The van der Waals surface area contributed by atoms with Gasteiger partial charge in [-0.3, -0.25) is 4.79 Å². The molecule has 0 spiro atoms. The first-order chi connectivity index (χ1) is 11.1. The van der Waals surface area contributed by atoms with Crippen LogP contribution in [-0.4, -0.2) is 5.91 Å². The minimum Gasteiger partial charge on any atom is -0.340 e. The summed E-state index contributed by atoms with van der Waals surface area (Å²) in [6, 6.07) is 17.4. The average Bonchev–Trinajstić information content (AvgIpc) is 3.08. The lowest BCUT2D eigenvalue weighted by Crippen LogP contribution is -2.28. The molecule has 2 nitrogen and oxygen atoms in total. The normalized spacial score (nSPS) is 11.9. The zero-order valence-corrected chi connectivity index (χ0v) is 13.4. The molecule has 0 fully saturated rings. The molecule has 1 N–H and O–H groups in total. The van der Waals surface area contributed by atoms with Gasteiger partial charge < -0.3 is 5.32 Å². The largest absolute Gasteiger partial charge is 0.340 e. The first-order valence-electron chi connectivity index (χ1n) is 7.30. The summed E-state index contributed by atoms with van der Waals surface area (Å²) >= 11 is 1.59. The molecule has 0 bridgehead atoms. The van der Waals surface area contributed by atoms with E-state index in [0.29, 0.717) is 5.56 Å². The third-order valence-electron chi connectivity index (χ3n) is 3.62. The van der Waals surface area contributed by atoms with Crippen LogP contribution in [0.15, 0.2) is 66.0 Å². The van der Waals surface area contributed by atoms with Crippen molar-refractivity contribution in [2.75, 3.05) is 0 Å². The molecule has 1 aromatic heterocycles.